The lowest BCUT2D eigenvalue weighted by molar-refractivity contribution is -0.118. The average molecular weight is 297 g/mol. The van der Waals surface area contributed by atoms with Gasteiger partial charge in [-0.3, -0.25) is 4.79 Å². The van der Waals surface area contributed by atoms with E-state index in [9.17, 15) is 4.79 Å². The van der Waals surface area contributed by atoms with Crippen LogP contribution in [0, 0.1) is 18.3 Å². The summed E-state index contributed by atoms with van der Waals surface area (Å²) in [5.74, 6) is 0.174. The highest BCUT2D eigenvalue weighted by atomic mass is 32.2. The number of hydrogen-bond donors (Lipinski definition) is 1. The number of carbonyl (C=O) groups excluding carboxylic acids is 1. The van der Waals surface area contributed by atoms with Crippen molar-refractivity contribution in [2.45, 2.75) is 18.5 Å². The molecule has 0 atom stereocenters. The lowest BCUT2D eigenvalue weighted by atomic mass is 10.1. The van der Waals surface area contributed by atoms with E-state index in [-0.39, 0.29) is 11.7 Å². The lowest BCUT2D eigenvalue weighted by Crippen LogP contribution is -2.24. The normalized spacial score (nSPS) is 9.90. The van der Waals surface area contributed by atoms with Gasteiger partial charge in [0.2, 0.25) is 5.91 Å². The van der Waals surface area contributed by atoms with Crippen molar-refractivity contribution in [1.82, 2.24) is 10.3 Å². The van der Waals surface area contributed by atoms with Crippen molar-refractivity contribution in [3.05, 3.63) is 59.3 Å². The van der Waals surface area contributed by atoms with Crippen LogP contribution in [-0.4, -0.2) is 16.6 Å². The summed E-state index contributed by atoms with van der Waals surface area (Å²) in [6.45, 7) is 2.53. The van der Waals surface area contributed by atoms with Crippen LogP contribution < -0.4 is 5.32 Å². The number of amides is 1. The van der Waals surface area contributed by atoms with E-state index >= 15 is 0 Å². The number of hydrogen-bond acceptors (Lipinski definition) is 4. The van der Waals surface area contributed by atoms with Gasteiger partial charge in [-0.1, -0.05) is 41.6 Å². The zero-order valence-corrected chi connectivity index (χ0v) is 12.5. The van der Waals surface area contributed by atoms with Crippen LogP contribution in [0.5, 0.6) is 0 Å². The second-order valence-corrected chi connectivity index (χ2v) is 5.49. The Bertz CT molecular complexity index is 679. The molecule has 2 rings (SSSR count). The molecule has 0 saturated carbocycles. The molecule has 0 aliphatic rings. The molecule has 0 bridgehead atoms. The van der Waals surface area contributed by atoms with Gasteiger partial charge in [0, 0.05) is 12.7 Å². The van der Waals surface area contributed by atoms with Gasteiger partial charge in [-0.2, -0.15) is 5.26 Å². The molecule has 1 amide bonds. The second-order valence-electron chi connectivity index (χ2n) is 4.52. The van der Waals surface area contributed by atoms with E-state index < -0.39 is 0 Å². The fourth-order valence-corrected chi connectivity index (χ4v) is 2.57. The summed E-state index contributed by atoms with van der Waals surface area (Å²) in [6.07, 6.45) is 1.62. The predicted molar refractivity (Wildman–Crippen MR) is 82.7 cm³/mol. The lowest BCUT2D eigenvalue weighted by Gasteiger charge is -2.06. The van der Waals surface area contributed by atoms with E-state index in [2.05, 4.69) is 16.4 Å². The highest BCUT2D eigenvalue weighted by molar-refractivity contribution is 7.99. The molecule has 4 nitrogen and oxygen atoms in total. The molecule has 1 aromatic carbocycles. The summed E-state index contributed by atoms with van der Waals surface area (Å²) in [7, 11) is 0. The van der Waals surface area contributed by atoms with Gasteiger partial charge < -0.3 is 5.32 Å². The molecule has 0 aliphatic carbocycles. The van der Waals surface area contributed by atoms with E-state index in [1.807, 2.05) is 31.2 Å². The van der Waals surface area contributed by atoms with Crippen LogP contribution in [0.4, 0.5) is 0 Å². The smallest absolute Gasteiger partial charge is 0.230 e. The zero-order valence-electron chi connectivity index (χ0n) is 11.7. The van der Waals surface area contributed by atoms with Crippen LogP contribution in [0.3, 0.4) is 0 Å². The number of nitrogens with one attached hydrogen (secondary N) is 1. The van der Waals surface area contributed by atoms with Gasteiger partial charge in [-0.05, 0) is 24.6 Å². The fraction of sp³-hybridized carbons (Fsp3) is 0.188. The van der Waals surface area contributed by atoms with Crippen molar-refractivity contribution < 1.29 is 4.79 Å². The first kappa shape index (κ1) is 15.1. The Balaban J connectivity index is 1.84. The Morgan fingerprint density at radius 2 is 2.24 bits per heavy atom. The maximum Gasteiger partial charge on any atom is 0.230 e. The maximum atomic E-state index is 11.8. The number of thioether (sulfide) groups is 1. The minimum atomic E-state index is -0.0731. The molecule has 106 valence electrons. The number of nitrogens with zero attached hydrogens (tertiary/aromatic N) is 2. The SMILES string of the molecule is Cc1cccc(CNC(=O)CSc2ncccc2C#N)c1. The van der Waals surface area contributed by atoms with E-state index in [1.54, 1.807) is 18.3 Å². The second kappa shape index (κ2) is 7.46. The Kier molecular flexibility index (Phi) is 5.35. The van der Waals surface area contributed by atoms with Gasteiger partial charge in [0.15, 0.2) is 0 Å². The van der Waals surface area contributed by atoms with Gasteiger partial charge >= 0.3 is 0 Å². The number of carbonyl (C=O) groups is 1. The Morgan fingerprint density at radius 1 is 1.38 bits per heavy atom. The first-order valence-corrected chi connectivity index (χ1v) is 7.48. The predicted octanol–water partition coefficient (Wildman–Crippen LogP) is 2.67. The van der Waals surface area contributed by atoms with Crippen LogP contribution in [0.1, 0.15) is 16.7 Å². The summed E-state index contributed by atoms with van der Waals surface area (Å²) in [5.41, 5.74) is 2.74. The van der Waals surface area contributed by atoms with Gasteiger partial charge in [-0.15, -0.1) is 0 Å². The summed E-state index contributed by atoms with van der Waals surface area (Å²) >= 11 is 1.27. The van der Waals surface area contributed by atoms with Crippen LogP contribution >= 0.6 is 11.8 Å². The third-order valence-electron chi connectivity index (χ3n) is 2.80. The van der Waals surface area contributed by atoms with Crippen molar-refractivity contribution in [1.29, 1.82) is 5.26 Å². The van der Waals surface area contributed by atoms with Gasteiger partial charge in [0.05, 0.1) is 11.3 Å². The minimum Gasteiger partial charge on any atom is -0.351 e. The third-order valence-corrected chi connectivity index (χ3v) is 3.81. The molecule has 0 saturated heterocycles. The number of aryl methyl sites for hydroxylation is 1. The highest BCUT2D eigenvalue weighted by Gasteiger charge is 2.07. The molecular formula is C16H15N3OS. The quantitative estimate of drug-likeness (QED) is 0.862. The molecule has 0 radical (unpaired) electrons. The highest BCUT2D eigenvalue weighted by Crippen LogP contribution is 2.18. The van der Waals surface area contributed by atoms with Gasteiger partial charge in [-0.25, -0.2) is 4.98 Å². The van der Waals surface area contributed by atoms with Crippen LogP contribution in [0.25, 0.3) is 0 Å². The zero-order chi connectivity index (χ0) is 15.1. The molecule has 0 fully saturated rings. The molecule has 5 heteroatoms. The molecule has 0 aliphatic heterocycles. The molecule has 0 unspecified atom stereocenters. The summed E-state index contributed by atoms with van der Waals surface area (Å²) in [6, 6.07) is 13.5. The molecule has 1 heterocycles. The number of rotatable bonds is 5. The summed E-state index contributed by atoms with van der Waals surface area (Å²) < 4.78 is 0. The fourth-order valence-electron chi connectivity index (χ4n) is 1.80. The number of aromatic nitrogens is 1. The van der Waals surface area contributed by atoms with Crippen molar-refractivity contribution in [2.24, 2.45) is 0 Å². The summed E-state index contributed by atoms with van der Waals surface area (Å²) in [5, 5.41) is 12.4. The average Bonchev–Trinajstić information content (AvgIpc) is 2.51. The number of benzene rings is 1. The first-order valence-electron chi connectivity index (χ1n) is 6.49. The summed E-state index contributed by atoms with van der Waals surface area (Å²) in [4.78, 5) is 15.9. The number of nitriles is 1. The Hall–Kier alpha value is -2.32. The first-order chi connectivity index (χ1) is 10.2. The van der Waals surface area contributed by atoms with E-state index in [4.69, 9.17) is 5.26 Å². The monoisotopic (exact) mass is 297 g/mol. The van der Waals surface area contributed by atoms with E-state index in [0.717, 1.165) is 5.56 Å². The molecule has 1 N–H and O–H groups in total. The molecule has 1 aromatic heterocycles. The van der Waals surface area contributed by atoms with Gasteiger partial charge in [0.1, 0.15) is 11.1 Å². The Morgan fingerprint density at radius 3 is 3.00 bits per heavy atom. The van der Waals surface area contributed by atoms with Crippen LogP contribution in [0.15, 0.2) is 47.6 Å². The third kappa shape index (κ3) is 4.62. The number of pyridine rings is 1. The molecule has 2 aromatic rings. The molecular weight excluding hydrogens is 282 g/mol. The Labute approximate surface area is 128 Å². The van der Waals surface area contributed by atoms with Crippen molar-refractivity contribution in [3.8, 4) is 6.07 Å². The van der Waals surface area contributed by atoms with Crippen LogP contribution in [0.2, 0.25) is 0 Å². The molecule has 0 spiro atoms. The van der Waals surface area contributed by atoms with Crippen molar-refractivity contribution in [3.63, 3.8) is 0 Å². The van der Waals surface area contributed by atoms with Gasteiger partial charge in [0.25, 0.3) is 0 Å². The maximum absolute atomic E-state index is 11.8. The van der Waals surface area contributed by atoms with Crippen molar-refractivity contribution >= 4 is 17.7 Å². The topological polar surface area (TPSA) is 65.8 Å². The largest absolute Gasteiger partial charge is 0.351 e. The van der Waals surface area contributed by atoms with E-state index in [0.29, 0.717) is 17.1 Å². The standard InChI is InChI=1S/C16H15N3OS/c1-12-4-2-5-13(8-12)10-19-15(20)11-21-16-14(9-17)6-3-7-18-16/h2-8H,10-11H2,1H3,(H,19,20). The minimum absolute atomic E-state index is 0.0731. The van der Waals surface area contributed by atoms with Crippen molar-refractivity contribution in [2.75, 3.05) is 5.75 Å². The van der Waals surface area contributed by atoms with E-state index in [1.165, 1.54) is 17.3 Å². The van der Waals surface area contributed by atoms with Crippen LogP contribution in [-0.2, 0) is 11.3 Å². The molecule has 21 heavy (non-hydrogen) atoms.